The first-order chi connectivity index (χ1) is 12.7. The van der Waals surface area contributed by atoms with Gasteiger partial charge in [-0.3, -0.25) is 4.90 Å². The summed E-state index contributed by atoms with van der Waals surface area (Å²) in [7, 11) is 0. The third-order valence-electron chi connectivity index (χ3n) is 4.94. The molecule has 3 nitrogen and oxygen atoms in total. The molecule has 138 valence electrons. The second kappa shape index (κ2) is 7.87. The van der Waals surface area contributed by atoms with Crippen LogP contribution in [0.2, 0.25) is 0 Å². The number of nitrogens with zero attached hydrogens (tertiary/aromatic N) is 2. The molecule has 0 radical (unpaired) electrons. The predicted molar refractivity (Wildman–Crippen MR) is 111 cm³/mol. The van der Waals surface area contributed by atoms with Crippen molar-refractivity contribution in [3.63, 3.8) is 0 Å². The summed E-state index contributed by atoms with van der Waals surface area (Å²) in [5, 5.41) is 3.57. The molecule has 1 aliphatic heterocycles. The van der Waals surface area contributed by atoms with Crippen LogP contribution in [0.25, 0.3) is 0 Å². The molecule has 0 spiro atoms. The van der Waals surface area contributed by atoms with Crippen LogP contribution in [0.4, 0.5) is 22.7 Å². The van der Waals surface area contributed by atoms with Crippen LogP contribution >= 0.6 is 0 Å². The number of fused-ring (bicyclic) bond motifs is 1. The lowest BCUT2D eigenvalue weighted by atomic mass is 10.0. The van der Waals surface area contributed by atoms with E-state index < -0.39 is 0 Å². The molecule has 1 N–H and O–H groups in total. The highest BCUT2D eigenvalue weighted by Gasteiger charge is 2.32. The Hall–Kier alpha value is -2.74. The molecule has 2 aromatic carbocycles. The Bertz CT molecular complexity index is 908. The van der Waals surface area contributed by atoms with E-state index in [0.717, 1.165) is 41.4 Å². The molecule has 0 aromatic heterocycles. The number of para-hydroxylation sites is 1. The summed E-state index contributed by atoms with van der Waals surface area (Å²) < 4.78 is 0. The van der Waals surface area contributed by atoms with Gasteiger partial charge in [-0.2, -0.15) is 0 Å². The number of benzene rings is 2. The highest BCUT2D eigenvalue weighted by Crippen LogP contribution is 2.44. The van der Waals surface area contributed by atoms with Crippen LogP contribution in [0.5, 0.6) is 0 Å². The molecule has 0 bridgehead atoms. The standard InChI is InChI=1S/C23H24N3.ClH/c1-4-25(5-2)19-12-13-20-23(16-19)26(18-9-7-6-8-10-18)22-14-11-17(3)15-21(22)24-20;/h6-14,16,24H,4-5H2,1-3H3;1H/q+1;/p-1. The molecular weight excluding hydrogens is 354 g/mol. The van der Waals surface area contributed by atoms with Crippen molar-refractivity contribution in [2.24, 2.45) is 0 Å². The van der Waals surface area contributed by atoms with Crippen molar-refractivity contribution in [2.45, 2.75) is 20.8 Å². The van der Waals surface area contributed by atoms with Crippen molar-refractivity contribution >= 4 is 22.7 Å². The highest BCUT2D eigenvalue weighted by atomic mass is 35.5. The zero-order chi connectivity index (χ0) is 18.1. The maximum atomic E-state index is 3.57. The van der Waals surface area contributed by atoms with E-state index in [9.17, 15) is 0 Å². The quantitative estimate of drug-likeness (QED) is 0.826. The lowest BCUT2D eigenvalue weighted by Crippen LogP contribution is -3.00. The molecule has 0 atom stereocenters. The van der Waals surface area contributed by atoms with Crippen LogP contribution in [0.3, 0.4) is 0 Å². The van der Waals surface area contributed by atoms with Gasteiger partial charge in [-0.25, -0.2) is 0 Å². The Morgan fingerprint density at radius 2 is 1.74 bits per heavy atom. The first-order valence-corrected chi connectivity index (χ1v) is 9.25. The Morgan fingerprint density at radius 1 is 1.00 bits per heavy atom. The molecule has 0 fully saturated rings. The van der Waals surface area contributed by atoms with Gasteiger partial charge in [-0.1, -0.05) is 18.2 Å². The van der Waals surface area contributed by atoms with E-state index in [1.165, 1.54) is 11.4 Å². The summed E-state index contributed by atoms with van der Waals surface area (Å²) in [4.78, 5) is 4.70. The molecular formula is C23H24ClN3. The normalized spacial score (nSPS) is 14.3. The van der Waals surface area contributed by atoms with E-state index in [1.54, 1.807) is 0 Å². The number of hydrogen-bond acceptors (Lipinski definition) is 3. The van der Waals surface area contributed by atoms with Crippen molar-refractivity contribution in [2.75, 3.05) is 28.2 Å². The van der Waals surface area contributed by atoms with Gasteiger partial charge in [-0.15, -0.1) is 0 Å². The summed E-state index contributed by atoms with van der Waals surface area (Å²) in [6.07, 6.45) is 7.76. The van der Waals surface area contributed by atoms with Crippen molar-refractivity contribution in [3.8, 4) is 0 Å². The SMILES string of the molecule is CCN(CC)c1ccc2c(c1)N(c1ccccc1)C1=C([C+]=C(C)C=C1)N2.[Cl-]. The first kappa shape index (κ1) is 19.0. The van der Waals surface area contributed by atoms with Crippen LogP contribution < -0.4 is 27.5 Å². The average Bonchev–Trinajstić information content (AvgIpc) is 2.67. The highest BCUT2D eigenvalue weighted by molar-refractivity contribution is 5.88. The Morgan fingerprint density at radius 3 is 2.44 bits per heavy atom. The third kappa shape index (κ3) is 3.44. The minimum Gasteiger partial charge on any atom is -1.00 e. The second-order valence-electron chi connectivity index (χ2n) is 6.57. The van der Waals surface area contributed by atoms with E-state index in [2.05, 4.69) is 103 Å². The lowest BCUT2D eigenvalue weighted by Gasteiger charge is -2.31. The van der Waals surface area contributed by atoms with Crippen LogP contribution in [0.1, 0.15) is 20.8 Å². The molecule has 0 saturated carbocycles. The molecule has 27 heavy (non-hydrogen) atoms. The smallest absolute Gasteiger partial charge is 0.232 e. The molecule has 0 unspecified atom stereocenters. The summed E-state index contributed by atoms with van der Waals surface area (Å²) in [6, 6.07) is 17.2. The summed E-state index contributed by atoms with van der Waals surface area (Å²) >= 11 is 0. The summed E-state index contributed by atoms with van der Waals surface area (Å²) in [6.45, 7) is 8.47. The predicted octanol–water partition coefficient (Wildman–Crippen LogP) is 2.63. The molecule has 2 aliphatic rings. The van der Waals surface area contributed by atoms with E-state index in [4.69, 9.17) is 0 Å². The fourth-order valence-corrected chi connectivity index (χ4v) is 3.59. The van der Waals surface area contributed by atoms with Gasteiger partial charge in [0.25, 0.3) is 0 Å². The Kier molecular flexibility index (Phi) is 5.55. The topological polar surface area (TPSA) is 18.5 Å². The van der Waals surface area contributed by atoms with Gasteiger partial charge >= 0.3 is 0 Å². The zero-order valence-electron chi connectivity index (χ0n) is 16.0. The third-order valence-corrected chi connectivity index (χ3v) is 4.94. The molecule has 4 rings (SSSR count). The van der Waals surface area contributed by atoms with Crippen molar-refractivity contribution < 1.29 is 12.4 Å². The molecule has 1 aliphatic carbocycles. The van der Waals surface area contributed by atoms with Crippen molar-refractivity contribution in [1.29, 1.82) is 0 Å². The van der Waals surface area contributed by atoms with E-state index >= 15 is 0 Å². The monoisotopic (exact) mass is 377 g/mol. The molecule has 2 aromatic rings. The maximum absolute atomic E-state index is 3.57. The first-order valence-electron chi connectivity index (χ1n) is 9.25. The number of anilines is 4. The fourth-order valence-electron chi connectivity index (χ4n) is 3.59. The van der Waals surface area contributed by atoms with Crippen LogP contribution in [0.15, 0.2) is 77.7 Å². The van der Waals surface area contributed by atoms with Gasteiger partial charge in [0.15, 0.2) is 5.70 Å². The van der Waals surface area contributed by atoms with Crippen molar-refractivity contribution in [1.82, 2.24) is 0 Å². The number of nitrogens with one attached hydrogen (secondary N) is 1. The Labute approximate surface area is 168 Å². The number of allylic oxidation sites excluding steroid dienone is 4. The average molecular weight is 378 g/mol. The minimum absolute atomic E-state index is 0. The number of halogens is 1. The van der Waals surface area contributed by atoms with E-state index in [0.29, 0.717) is 0 Å². The van der Waals surface area contributed by atoms with Crippen LogP contribution in [-0.2, 0) is 0 Å². The molecule has 1 heterocycles. The second-order valence-corrected chi connectivity index (χ2v) is 6.57. The van der Waals surface area contributed by atoms with Crippen LogP contribution in [-0.4, -0.2) is 13.1 Å². The summed E-state index contributed by atoms with van der Waals surface area (Å²) in [5.74, 6) is 0. The van der Waals surface area contributed by atoms with Crippen LogP contribution in [0, 0.1) is 6.08 Å². The van der Waals surface area contributed by atoms with E-state index in [-0.39, 0.29) is 12.4 Å². The molecule has 0 saturated heterocycles. The van der Waals surface area contributed by atoms with Gasteiger partial charge in [0.2, 0.25) is 5.70 Å². The Balaban J connectivity index is 0.00000210. The minimum atomic E-state index is 0. The van der Waals surface area contributed by atoms with Gasteiger partial charge in [0.1, 0.15) is 5.57 Å². The molecule has 0 amide bonds. The van der Waals surface area contributed by atoms with Gasteiger partial charge in [-0.05, 0) is 51.1 Å². The van der Waals surface area contributed by atoms with Gasteiger partial charge < -0.3 is 22.6 Å². The molecule has 4 heteroatoms. The van der Waals surface area contributed by atoms with E-state index in [1.807, 2.05) is 0 Å². The summed E-state index contributed by atoms with van der Waals surface area (Å²) in [5.41, 5.74) is 7.97. The van der Waals surface area contributed by atoms with Gasteiger partial charge in [0.05, 0.1) is 35.3 Å². The number of rotatable bonds is 4. The zero-order valence-corrected chi connectivity index (χ0v) is 16.7. The maximum Gasteiger partial charge on any atom is 0.232 e. The number of hydrogen-bond donors (Lipinski definition) is 1. The fraction of sp³-hybridized carbons (Fsp3) is 0.217. The largest absolute Gasteiger partial charge is 1.00 e. The van der Waals surface area contributed by atoms with Crippen molar-refractivity contribution in [3.05, 3.63) is 83.7 Å². The van der Waals surface area contributed by atoms with Gasteiger partial charge in [0, 0.05) is 18.8 Å². The lowest BCUT2D eigenvalue weighted by molar-refractivity contribution is -0.00000520.